The van der Waals surface area contributed by atoms with Gasteiger partial charge in [0.2, 0.25) is 0 Å². The van der Waals surface area contributed by atoms with E-state index in [0.29, 0.717) is 36.0 Å². The first-order valence-corrected chi connectivity index (χ1v) is 9.82. The number of rotatable bonds is 8. The fraction of sp³-hybridized carbons (Fsp3) is 0.364. The summed E-state index contributed by atoms with van der Waals surface area (Å²) in [6.07, 6.45) is 2.93. The number of amides is 1. The molecule has 0 spiro atoms. The molecule has 0 saturated carbocycles. The number of carboxylic acid groups (broad SMARTS) is 1. The maximum absolute atomic E-state index is 12.9. The Balaban J connectivity index is 1.96. The van der Waals surface area contributed by atoms with Gasteiger partial charge in [-0.2, -0.15) is 5.10 Å². The van der Waals surface area contributed by atoms with Crippen LogP contribution in [-0.4, -0.2) is 38.3 Å². The molecule has 2 aromatic heterocycles. The van der Waals surface area contributed by atoms with Crippen molar-refractivity contribution in [3.8, 4) is 11.3 Å². The first kappa shape index (κ1) is 20.5. The third-order valence-electron chi connectivity index (χ3n) is 4.82. The number of carbonyl (C=O) groups excluding carboxylic acids is 1. The van der Waals surface area contributed by atoms with Gasteiger partial charge in [-0.25, -0.2) is 9.67 Å². The van der Waals surface area contributed by atoms with Gasteiger partial charge in [0.1, 0.15) is 0 Å². The average molecular weight is 394 g/mol. The van der Waals surface area contributed by atoms with Crippen molar-refractivity contribution >= 4 is 22.9 Å². The van der Waals surface area contributed by atoms with E-state index in [1.165, 1.54) is 0 Å². The van der Waals surface area contributed by atoms with E-state index in [4.69, 9.17) is 10.1 Å². The van der Waals surface area contributed by atoms with Crippen LogP contribution in [0, 0.1) is 6.92 Å². The fourth-order valence-corrected chi connectivity index (χ4v) is 3.28. The van der Waals surface area contributed by atoms with E-state index in [1.54, 1.807) is 6.20 Å². The Morgan fingerprint density at radius 1 is 1.21 bits per heavy atom. The Hall–Kier alpha value is -3.22. The van der Waals surface area contributed by atoms with Gasteiger partial charge in [0.25, 0.3) is 5.91 Å². The minimum atomic E-state index is -0.823. The first-order chi connectivity index (χ1) is 13.9. The minimum Gasteiger partial charge on any atom is -0.481 e. The van der Waals surface area contributed by atoms with Crippen LogP contribution in [-0.2, 0) is 4.79 Å². The number of aryl methyl sites for hydroxylation is 1. The van der Waals surface area contributed by atoms with Gasteiger partial charge in [0.15, 0.2) is 5.65 Å². The van der Waals surface area contributed by atoms with E-state index in [0.717, 1.165) is 16.8 Å². The van der Waals surface area contributed by atoms with Gasteiger partial charge in [0.05, 0.1) is 22.8 Å². The summed E-state index contributed by atoms with van der Waals surface area (Å²) in [4.78, 5) is 28.3. The normalized spacial score (nSPS) is 11.2. The molecule has 1 aromatic carbocycles. The summed E-state index contributed by atoms with van der Waals surface area (Å²) in [5.74, 6) is -1.03. The number of unbranched alkanes of at least 4 members (excludes halogenated alkanes) is 1. The molecule has 29 heavy (non-hydrogen) atoms. The summed E-state index contributed by atoms with van der Waals surface area (Å²) < 4.78 is 1.82. The second-order valence-corrected chi connectivity index (χ2v) is 7.40. The van der Waals surface area contributed by atoms with Crippen LogP contribution in [0.2, 0.25) is 0 Å². The molecule has 2 N–H and O–H groups in total. The predicted octanol–water partition coefficient (Wildman–Crippen LogP) is 3.97. The van der Waals surface area contributed by atoms with E-state index < -0.39 is 5.97 Å². The highest BCUT2D eigenvalue weighted by Gasteiger charge is 2.19. The van der Waals surface area contributed by atoms with Gasteiger partial charge >= 0.3 is 5.97 Å². The number of benzene rings is 1. The molecule has 0 aliphatic carbocycles. The Labute approximate surface area is 169 Å². The van der Waals surface area contributed by atoms with Crippen LogP contribution in [0.5, 0.6) is 0 Å². The molecule has 152 valence electrons. The summed E-state index contributed by atoms with van der Waals surface area (Å²) in [6, 6.07) is 9.86. The second kappa shape index (κ2) is 8.86. The van der Waals surface area contributed by atoms with Crippen LogP contribution in [0.15, 0.2) is 36.5 Å². The number of fused-ring (bicyclic) bond motifs is 1. The largest absolute Gasteiger partial charge is 0.481 e. The SMILES string of the molecule is Cc1ccccc1-c1cc(C(=O)NCCCCC(=O)O)c2cnn(C(C)C)c2n1. The maximum atomic E-state index is 12.9. The smallest absolute Gasteiger partial charge is 0.303 e. The van der Waals surface area contributed by atoms with Crippen molar-refractivity contribution < 1.29 is 14.7 Å². The van der Waals surface area contributed by atoms with Crippen LogP contribution in [0.1, 0.15) is 55.1 Å². The molecule has 7 nitrogen and oxygen atoms in total. The van der Waals surface area contributed by atoms with Crippen LogP contribution in [0.25, 0.3) is 22.3 Å². The average Bonchev–Trinajstić information content (AvgIpc) is 3.11. The summed E-state index contributed by atoms with van der Waals surface area (Å²) in [5.41, 5.74) is 3.99. The van der Waals surface area contributed by atoms with Crippen molar-refractivity contribution in [3.05, 3.63) is 47.7 Å². The van der Waals surface area contributed by atoms with Crippen molar-refractivity contribution in [2.45, 2.75) is 46.1 Å². The highest BCUT2D eigenvalue weighted by molar-refractivity contribution is 6.06. The van der Waals surface area contributed by atoms with Crippen molar-refractivity contribution in [2.75, 3.05) is 6.54 Å². The summed E-state index contributed by atoms with van der Waals surface area (Å²) in [5, 5.41) is 16.8. The van der Waals surface area contributed by atoms with Crippen LogP contribution >= 0.6 is 0 Å². The molecule has 7 heteroatoms. The van der Waals surface area contributed by atoms with Crippen LogP contribution < -0.4 is 5.32 Å². The Morgan fingerprint density at radius 3 is 2.66 bits per heavy atom. The van der Waals surface area contributed by atoms with Gasteiger partial charge in [-0.1, -0.05) is 24.3 Å². The van der Waals surface area contributed by atoms with Gasteiger partial charge in [-0.3, -0.25) is 9.59 Å². The monoisotopic (exact) mass is 394 g/mol. The lowest BCUT2D eigenvalue weighted by Gasteiger charge is -2.12. The first-order valence-electron chi connectivity index (χ1n) is 9.82. The standard InChI is InChI=1S/C22H26N4O3/c1-14(2)26-21-18(13-24-26)17(22(29)23-11-7-6-10-20(27)28)12-19(25-21)16-9-5-4-8-15(16)3/h4-5,8-9,12-14H,6-7,10-11H2,1-3H3,(H,23,29)(H,27,28). The topological polar surface area (TPSA) is 97.1 Å². The Morgan fingerprint density at radius 2 is 1.97 bits per heavy atom. The lowest BCUT2D eigenvalue weighted by molar-refractivity contribution is -0.137. The summed E-state index contributed by atoms with van der Waals surface area (Å²) in [7, 11) is 0. The molecule has 0 unspecified atom stereocenters. The second-order valence-electron chi connectivity index (χ2n) is 7.40. The highest BCUT2D eigenvalue weighted by atomic mass is 16.4. The van der Waals surface area contributed by atoms with E-state index >= 15 is 0 Å². The number of nitrogens with zero attached hydrogens (tertiary/aromatic N) is 3. The van der Waals surface area contributed by atoms with E-state index in [1.807, 2.05) is 55.8 Å². The van der Waals surface area contributed by atoms with Crippen molar-refractivity contribution in [3.63, 3.8) is 0 Å². The van der Waals surface area contributed by atoms with E-state index in [9.17, 15) is 9.59 Å². The molecule has 3 rings (SSSR count). The van der Waals surface area contributed by atoms with Crippen molar-refractivity contribution in [1.82, 2.24) is 20.1 Å². The highest BCUT2D eigenvalue weighted by Crippen LogP contribution is 2.28. The molecule has 0 fully saturated rings. The van der Waals surface area contributed by atoms with Crippen LogP contribution in [0.3, 0.4) is 0 Å². The molecule has 2 heterocycles. The molecule has 3 aromatic rings. The number of aliphatic carboxylic acids is 1. The molecule has 0 saturated heterocycles. The van der Waals surface area contributed by atoms with Gasteiger partial charge < -0.3 is 10.4 Å². The van der Waals surface area contributed by atoms with Gasteiger partial charge in [0, 0.05) is 24.6 Å². The van der Waals surface area contributed by atoms with Gasteiger partial charge in [-0.05, 0) is 45.2 Å². The number of pyridine rings is 1. The molecule has 1 amide bonds. The van der Waals surface area contributed by atoms with E-state index in [2.05, 4.69) is 10.4 Å². The number of aromatic nitrogens is 3. The Kier molecular flexibility index (Phi) is 6.26. The number of carbonyl (C=O) groups is 2. The quantitative estimate of drug-likeness (QED) is 0.564. The lowest BCUT2D eigenvalue weighted by Crippen LogP contribution is -2.25. The predicted molar refractivity (Wildman–Crippen MR) is 112 cm³/mol. The molecule has 0 radical (unpaired) electrons. The fourth-order valence-electron chi connectivity index (χ4n) is 3.28. The maximum Gasteiger partial charge on any atom is 0.303 e. The summed E-state index contributed by atoms with van der Waals surface area (Å²) in [6.45, 7) is 6.49. The molecule has 0 atom stereocenters. The number of hydrogen-bond acceptors (Lipinski definition) is 4. The zero-order valence-electron chi connectivity index (χ0n) is 17.0. The number of nitrogens with one attached hydrogen (secondary N) is 1. The lowest BCUT2D eigenvalue weighted by atomic mass is 10.0. The van der Waals surface area contributed by atoms with E-state index in [-0.39, 0.29) is 18.4 Å². The third-order valence-corrected chi connectivity index (χ3v) is 4.82. The van der Waals surface area contributed by atoms with Crippen molar-refractivity contribution in [1.29, 1.82) is 0 Å². The Bertz CT molecular complexity index is 1040. The van der Waals surface area contributed by atoms with Gasteiger partial charge in [-0.15, -0.1) is 0 Å². The zero-order valence-corrected chi connectivity index (χ0v) is 17.0. The summed E-state index contributed by atoms with van der Waals surface area (Å²) >= 11 is 0. The molecular formula is C22H26N4O3. The minimum absolute atomic E-state index is 0.105. The number of hydrogen-bond donors (Lipinski definition) is 2. The molecule has 0 aliphatic rings. The van der Waals surface area contributed by atoms with Crippen LogP contribution in [0.4, 0.5) is 0 Å². The number of carboxylic acids is 1. The zero-order chi connectivity index (χ0) is 21.0. The molecule has 0 aliphatic heterocycles. The van der Waals surface area contributed by atoms with Crippen molar-refractivity contribution in [2.24, 2.45) is 0 Å². The molecular weight excluding hydrogens is 368 g/mol. The third kappa shape index (κ3) is 4.62. The molecule has 0 bridgehead atoms.